The quantitative estimate of drug-likeness (QED) is 0.554. The first kappa shape index (κ1) is 13.9. The summed E-state index contributed by atoms with van der Waals surface area (Å²) in [5.41, 5.74) is 0. The zero-order valence-corrected chi connectivity index (χ0v) is 12.4. The summed E-state index contributed by atoms with van der Waals surface area (Å²) in [6.07, 6.45) is 5.58. The molecule has 16 heavy (non-hydrogen) atoms. The number of rotatable bonds is 4. The zero-order valence-electron chi connectivity index (χ0n) is 11.4. The van der Waals surface area contributed by atoms with Crippen LogP contribution in [0.3, 0.4) is 0 Å². The molecule has 0 aliphatic heterocycles. The van der Waals surface area contributed by atoms with Crippen LogP contribution in [0.2, 0.25) is 18.1 Å². The zero-order chi connectivity index (χ0) is 12.4. The van der Waals surface area contributed by atoms with Crippen molar-refractivity contribution in [1.29, 1.82) is 0 Å². The molecule has 1 saturated carbocycles. The summed E-state index contributed by atoms with van der Waals surface area (Å²) in [5, 5.41) is 0.287. The highest BCUT2D eigenvalue weighted by Gasteiger charge is 2.40. The van der Waals surface area contributed by atoms with Crippen molar-refractivity contribution in [3.05, 3.63) is 0 Å². The van der Waals surface area contributed by atoms with Crippen LogP contribution in [0.25, 0.3) is 0 Å². The Labute approximate surface area is 101 Å². The van der Waals surface area contributed by atoms with Crippen LogP contribution < -0.4 is 0 Å². The van der Waals surface area contributed by atoms with Gasteiger partial charge in [-0.15, -0.1) is 0 Å². The van der Waals surface area contributed by atoms with Gasteiger partial charge in [0.25, 0.3) is 0 Å². The number of hydrogen-bond acceptors (Lipinski definition) is 2. The maximum Gasteiger partial charge on any atom is 0.192 e. The Morgan fingerprint density at radius 3 is 2.44 bits per heavy atom. The predicted octanol–water partition coefficient (Wildman–Crippen LogP) is 3.77. The largest absolute Gasteiger partial charge is 0.414 e. The summed E-state index contributed by atoms with van der Waals surface area (Å²) in [5.74, 6) is 0.576. The highest BCUT2D eigenvalue weighted by atomic mass is 28.4. The van der Waals surface area contributed by atoms with Gasteiger partial charge in [0.15, 0.2) is 8.32 Å². The summed E-state index contributed by atoms with van der Waals surface area (Å²) >= 11 is 0. The molecule has 1 rings (SSSR count). The van der Waals surface area contributed by atoms with Gasteiger partial charge in [-0.3, -0.25) is 0 Å². The summed E-state index contributed by atoms with van der Waals surface area (Å²) in [7, 11) is -1.61. The highest BCUT2D eigenvalue weighted by molar-refractivity contribution is 6.74. The minimum absolute atomic E-state index is 0.287. The molecule has 1 aliphatic rings. The van der Waals surface area contributed by atoms with E-state index in [-0.39, 0.29) is 5.04 Å². The Bertz CT molecular complexity index is 243. The minimum atomic E-state index is -1.61. The average molecular weight is 242 g/mol. The van der Waals surface area contributed by atoms with Crippen molar-refractivity contribution in [2.75, 3.05) is 0 Å². The third kappa shape index (κ3) is 3.42. The molecule has 2 atom stereocenters. The SMILES string of the molecule is CC(C)(C)[Si](C)(C)OC1CCC(CC=O)C1. The molecule has 0 aromatic heterocycles. The number of aldehydes is 1. The fraction of sp³-hybridized carbons (Fsp3) is 0.923. The Balaban J connectivity index is 2.48. The van der Waals surface area contributed by atoms with Crippen molar-refractivity contribution < 1.29 is 9.22 Å². The van der Waals surface area contributed by atoms with Gasteiger partial charge in [0.05, 0.1) is 0 Å². The standard InChI is InChI=1S/C13H26O2Si/c1-13(2,3)16(4,5)15-12-7-6-11(10-12)8-9-14/h9,11-12H,6-8,10H2,1-5H3. The molecular formula is C13H26O2Si. The molecule has 3 heteroatoms. The van der Waals surface area contributed by atoms with Crippen LogP contribution in [0.15, 0.2) is 0 Å². The minimum Gasteiger partial charge on any atom is -0.414 e. The molecule has 0 heterocycles. The molecule has 2 unspecified atom stereocenters. The van der Waals surface area contributed by atoms with Crippen molar-refractivity contribution in [2.45, 2.75) is 70.7 Å². The summed E-state index contributed by atoms with van der Waals surface area (Å²) in [4.78, 5) is 10.5. The Morgan fingerprint density at radius 2 is 1.94 bits per heavy atom. The summed E-state index contributed by atoms with van der Waals surface area (Å²) in [6.45, 7) is 11.4. The van der Waals surface area contributed by atoms with Crippen LogP contribution >= 0.6 is 0 Å². The molecule has 0 aromatic rings. The molecule has 0 amide bonds. The molecular weight excluding hydrogens is 216 g/mol. The first-order valence-electron chi connectivity index (χ1n) is 6.38. The Morgan fingerprint density at radius 1 is 1.31 bits per heavy atom. The van der Waals surface area contributed by atoms with E-state index in [1.807, 2.05) is 0 Å². The fourth-order valence-corrected chi connectivity index (χ4v) is 3.48. The van der Waals surface area contributed by atoms with E-state index in [0.29, 0.717) is 12.0 Å². The first-order valence-corrected chi connectivity index (χ1v) is 9.28. The molecule has 1 aliphatic carbocycles. The van der Waals surface area contributed by atoms with Gasteiger partial charge in [0, 0.05) is 12.5 Å². The van der Waals surface area contributed by atoms with Crippen molar-refractivity contribution in [3.8, 4) is 0 Å². The van der Waals surface area contributed by atoms with Gasteiger partial charge in [-0.05, 0) is 43.3 Å². The monoisotopic (exact) mass is 242 g/mol. The van der Waals surface area contributed by atoms with E-state index in [9.17, 15) is 4.79 Å². The second-order valence-corrected chi connectivity index (χ2v) is 11.3. The normalized spacial score (nSPS) is 27.1. The van der Waals surface area contributed by atoms with Gasteiger partial charge in [0.1, 0.15) is 6.29 Å². The molecule has 1 fully saturated rings. The lowest BCUT2D eigenvalue weighted by Crippen LogP contribution is -2.43. The molecule has 0 N–H and O–H groups in total. The molecule has 0 bridgehead atoms. The molecule has 0 saturated heterocycles. The van der Waals surface area contributed by atoms with Gasteiger partial charge in [-0.2, -0.15) is 0 Å². The Hall–Kier alpha value is -0.153. The lowest BCUT2D eigenvalue weighted by atomic mass is 10.1. The van der Waals surface area contributed by atoms with Gasteiger partial charge < -0.3 is 9.22 Å². The highest BCUT2D eigenvalue weighted by Crippen LogP contribution is 2.40. The van der Waals surface area contributed by atoms with E-state index in [1.54, 1.807) is 0 Å². The number of carbonyl (C=O) groups excluding carboxylic acids is 1. The van der Waals surface area contributed by atoms with Gasteiger partial charge in [-0.25, -0.2) is 0 Å². The van der Waals surface area contributed by atoms with Crippen LogP contribution in [0.1, 0.15) is 46.5 Å². The van der Waals surface area contributed by atoms with Crippen LogP contribution in [0.4, 0.5) is 0 Å². The fourth-order valence-electron chi connectivity index (χ4n) is 2.08. The third-order valence-electron chi connectivity index (χ3n) is 4.19. The topological polar surface area (TPSA) is 26.3 Å². The lowest BCUT2D eigenvalue weighted by Gasteiger charge is -2.38. The smallest absolute Gasteiger partial charge is 0.192 e. The lowest BCUT2D eigenvalue weighted by molar-refractivity contribution is -0.108. The van der Waals surface area contributed by atoms with Gasteiger partial charge >= 0.3 is 0 Å². The van der Waals surface area contributed by atoms with E-state index >= 15 is 0 Å². The molecule has 2 nitrogen and oxygen atoms in total. The van der Waals surface area contributed by atoms with Gasteiger partial charge in [0.2, 0.25) is 0 Å². The van der Waals surface area contributed by atoms with E-state index in [1.165, 1.54) is 0 Å². The van der Waals surface area contributed by atoms with Crippen LogP contribution in [0.5, 0.6) is 0 Å². The first-order chi connectivity index (χ1) is 7.26. The summed E-state index contributed by atoms with van der Waals surface area (Å²) in [6, 6.07) is 0. The average Bonchev–Trinajstić information content (AvgIpc) is 2.50. The number of hydrogen-bond donors (Lipinski definition) is 0. The maximum atomic E-state index is 10.5. The van der Waals surface area contributed by atoms with E-state index < -0.39 is 8.32 Å². The van der Waals surface area contributed by atoms with Crippen LogP contribution in [-0.4, -0.2) is 20.7 Å². The van der Waals surface area contributed by atoms with Gasteiger partial charge in [-0.1, -0.05) is 20.8 Å². The van der Waals surface area contributed by atoms with Crippen LogP contribution in [0, 0.1) is 5.92 Å². The summed E-state index contributed by atoms with van der Waals surface area (Å²) < 4.78 is 6.36. The molecule has 0 radical (unpaired) electrons. The Kier molecular flexibility index (Phi) is 4.35. The van der Waals surface area contributed by atoms with Crippen LogP contribution in [-0.2, 0) is 9.22 Å². The second-order valence-electron chi connectivity index (χ2n) is 6.58. The van der Waals surface area contributed by atoms with Crippen molar-refractivity contribution in [1.82, 2.24) is 0 Å². The molecule has 94 valence electrons. The van der Waals surface area contributed by atoms with E-state index in [2.05, 4.69) is 33.9 Å². The van der Waals surface area contributed by atoms with E-state index in [0.717, 1.165) is 32.0 Å². The predicted molar refractivity (Wildman–Crippen MR) is 70.1 cm³/mol. The van der Waals surface area contributed by atoms with Crippen molar-refractivity contribution >= 4 is 14.6 Å². The van der Waals surface area contributed by atoms with Crippen molar-refractivity contribution in [2.24, 2.45) is 5.92 Å². The number of carbonyl (C=O) groups is 1. The second kappa shape index (κ2) is 5.01. The third-order valence-corrected chi connectivity index (χ3v) is 8.73. The van der Waals surface area contributed by atoms with Crippen molar-refractivity contribution in [3.63, 3.8) is 0 Å². The molecule has 0 spiro atoms. The molecule has 0 aromatic carbocycles. The maximum absolute atomic E-state index is 10.5. The van der Waals surface area contributed by atoms with E-state index in [4.69, 9.17) is 4.43 Å².